The summed E-state index contributed by atoms with van der Waals surface area (Å²) in [4.78, 5) is 28.2. The predicted molar refractivity (Wildman–Crippen MR) is 134 cm³/mol. The van der Waals surface area contributed by atoms with Crippen LogP contribution in [0.3, 0.4) is 0 Å². The van der Waals surface area contributed by atoms with Gasteiger partial charge in [0, 0.05) is 32.7 Å². The summed E-state index contributed by atoms with van der Waals surface area (Å²) in [5, 5.41) is 11.5. The first-order valence-corrected chi connectivity index (χ1v) is 12.9. The molecule has 36 heavy (non-hydrogen) atoms. The third-order valence-electron chi connectivity index (χ3n) is 7.60. The van der Waals surface area contributed by atoms with E-state index in [0.717, 1.165) is 56.8 Å². The molecule has 1 aliphatic heterocycles. The summed E-state index contributed by atoms with van der Waals surface area (Å²) in [6.07, 6.45) is 10.9. The molecule has 1 saturated carbocycles. The molecule has 0 radical (unpaired) electrons. The van der Waals surface area contributed by atoms with Gasteiger partial charge in [-0.05, 0) is 76.8 Å². The summed E-state index contributed by atoms with van der Waals surface area (Å²) < 4.78 is 6.64. The molecule has 5 rings (SSSR count). The molecule has 1 amide bonds. The molecule has 2 heterocycles. The van der Waals surface area contributed by atoms with Crippen LogP contribution in [-0.4, -0.2) is 81.7 Å². The lowest BCUT2D eigenvalue weighted by atomic mass is 9.89. The molecular formula is C27H34N6O3. The fourth-order valence-corrected chi connectivity index (χ4v) is 5.13. The van der Waals surface area contributed by atoms with Gasteiger partial charge in [0.25, 0.3) is 6.47 Å². The Bertz CT molecular complexity index is 1130. The minimum absolute atomic E-state index is 0.207. The van der Waals surface area contributed by atoms with E-state index in [1.165, 1.54) is 29.6 Å². The van der Waals surface area contributed by atoms with Gasteiger partial charge in [0.2, 0.25) is 5.91 Å². The molecule has 1 aromatic heterocycles. The van der Waals surface area contributed by atoms with Gasteiger partial charge in [-0.2, -0.15) is 0 Å². The van der Waals surface area contributed by atoms with Crippen molar-refractivity contribution in [3.63, 3.8) is 0 Å². The van der Waals surface area contributed by atoms with Gasteiger partial charge in [0.15, 0.2) is 0 Å². The largest absolute Gasteiger partial charge is 0.463 e. The number of aromatic nitrogens is 4. The number of nitrogens with zero attached hydrogens (tertiary/aromatic N) is 6. The second kappa shape index (κ2) is 11.2. The lowest BCUT2D eigenvalue weighted by Gasteiger charge is -2.35. The molecule has 1 atom stereocenters. The van der Waals surface area contributed by atoms with E-state index in [4.69, 9.17) is 4.74 Å². The Labute approximate surface area is 211 Å². The molecule has 9 heteroatoms. The van der Waals surface area contributed by atoms with Crippen LogP contribution < -0.4 is 0 Å². The summed E-state index contributed by atoms with van der Waals surface area (Å²) in [6.45, 7) is 7.37. The molecule has 9 nitrogen and oxygen atoms in total. The highest BCUT2D eigenvalue weighted by atomic mass is 16.5. The van der Waals surface area contributed by atoms with Crippen LogP contribution in [0.25, 0.3) is 5.69 Å². The molecular weight excluding hydrogens is 456 g/mol. The smallest absolute Gasteiger partial charge is 0.293 e. The van der Waals surface area contributed by atoms with E-state index in [-0.39, 0.29) is 5.91 Å². The van der Waals surface area contributed by atoms with Crippen molar-refractivity contribution in [2.45, 2.75) is 44.9 Å². The molecule has 1 aromatic carbocycles. The average Bonchev–Trinajstić information content (AvgIpc) is 3.60. The molecule has 1 saturated heterocycles. The summed E-state index contributed by atoms with van der Waals surface area (Å²) in [5.41, 5.74) is 5.82. The number of carbonyl (C=O) groups is 2. The summed E-state index contributed by atoms with van der Waals surface area (Å²) in [7, 11) is 0. The van der Waals surface area contributed by atoms with Crippen molar-refractivity contribution in [3.8, 4) is 5.69 Å². The average molecular weight is 491 g/mol. The van der Waals surface area contributed by atoms with Crippen LogP contribution in [0.15, 0.2) is 47.8 Å². The van der Waals surface area contributed by atoms with E-state index < -0.39 is 0 Å². The Morgan fingerprint density at radius 1 is 1.19 bits per heavy atom. The number of hydrogen-bond donors (Lipinski definition) is 0. The zero-order chi connectivity index (χ0) is 24.9. The Morgan fingerprint density at radius 3 is 2.75 bits per heavy atom. The maximum absolute atomic E-state index is 13.2. The summed E-state index contributed by atoms with van der Waals surface area (Å²) in [6, 6.07) is 6.20. The Kier molecular flexibility index (Phi) is 7.55. The fourth-order valence-electron chi connectivity index (χ4n) is 5.13. The zero-order valence-corrected chi connectivity index (χ0v) is 20.9. The minimum atomic E-state index is 0.207. The van der Waals surface area contributed by atoms with Gasteiger partial charge in [0.1, 0.15) is 12.9 Å². The number of hydrogen-bond acceptors (Lipinski definition) is 7. The number of rotatable bonds is 10. The Hall–Kier alpha value is -3.33. The maximum Gasteiger partial charge on any atom is 0.293 e. The van der Waals surface area contributed by atoms with Gasteiger partial charge < -0.3 is 9.64 Å². The topological polar surface area (TPSA) is 93.5 Å². The van der Waals surface area contributed by atoms with Crippen molar-refractivity contribution in [2.75, 3.05) is 39.3 Å². The molecule has 3 aliphatic rings. The van der Waals surface area contributed by atoms with Gasteiger partial charge >= 0.3 is 0 Å². The quantitative estimate of drug-likeness (QED) is 0.473. The third kappa shape index (κ3) is 5.90. The first-order valence-electron chi connectivity index (χ1n) is 12.9. The fraction of sp³-hybridized carbons (Fsp3) is 0.519. The monoisotopic (exact) mass is 490 g/mol. The number of allylic oxidation sites excluding steroid dienone is 2. The number of piperazine rings is 1. The second-order valence-electron chi connectivity index (χ2n) is 10.1. The van der Waals surface area contributed by atoms with Crippen LogP contribution in [0.5, 0.6) is 0 Å². The van der Waals surface area contributed by atoms with Crippen LogP contribution in [0.1, 0.15) is 49.7 Å². The normalized spacial score (nSPS) is 20.6. The molecule has 1 unspecified atom stereocenters. The number of tetrazole rings is 1. The molecule has 0 bridgehead atoms. The van der Waals surface area contributed by atoms with Gasteiger partial charge in [-0.25, -0.2) is 4.68 Å². The van der Waals surface area contributed by atoms with E-state index >= 15 is 0 Å². The first-order chi connectivity index (χ1) is 17.6. The second-order valence-corrected chi connectivity index (χ2v) is 10.1. The van der Waals surface area contributed by atoms with Crippen molar-refractivity contribution in [1.82, 2.24) is 30.0 Å². The van der Waals surface area contributed by atoms with Crippen LogP contribution in [-0.2, 0) is 20.7 Å². The molecule has 0 N–H and O–H groups in total. The van der Waals surface area contributed by atoms with Gasteiger partial charge in [-0.15, -0.1) is 5.10 Å². The first kappa shape index (κ1) is 24.4. The van der Waals surface area contributed by atoms with Crippen LogP contribution in [0, 0.1) is 5.92 Å². The highest BCUT2D eigenvalue weighted by molar-refractivity contribution is 5.79. The van der Waals surface area contributed by atoms with Crippen LogP contribution >= 0.6 is 0 Å². The third-order valence-corrected chi connectivity index (χ3v) is 7.60. The van der Waals surface area contributed by atoms with E-state index in [1.54, 1.807) is 11.0 Å². The number of amides is 1. The Morgan fingerprint density at radius 2 is 2.03 bits per heavy atom. The highest BCUT2D eigenvalue weighted by Gasteiger charge is 2.28. The number of ether oxygens (including phenoxy) is 1. The van der Waals surface area contributed by atoms with Crippen molar-refractivity contribution < 1.29 is 14.3 Å². The van der Waals surface area contributed by atoms with Crippen molar-refractivity contribution in [1.29, 1.82) is 0 Å². The lowest BCUT2D eigenvalue weighted by molar-refractivity contribution is -0.132. The maximum atomic E-state index is 13.2. The van der Waals surface area contributed by atoms with Gasteiger partial charge in [-0.1, -0.05) is 30.7 Å². The van der Waals surface area contributed by atoms with E-state index in [1.807, 2.05) is 11.0 Å². The van der Waals surface area contributed by atoms with E-state index in [2.05, 4.69) is 51.6 Å². The standard InChI is InChI=1S/C27H34N6O3/c1-20-2-3-21(14-24(20)17-36-19-34)8-9-31-10-12-32(13-11-31)27(35)15-23-6-7-25(33-18-28-29-30-33)16-26(23)22-4-5-22/h3,6-7,14,16,18-20,22H,2,4-5,8-13,15,17H2,1H3. The summed E-state index contributed by atoms with van der Waals surface area (Å²) >= 11 is 0. The molecule has 0 spiro atoms. The zero-order valence-electron chi connectivity index (χ0n) is 20.9. The Balaban J connectivity index is 1.12. The predicted octanol–water partition coefficient (Wildman–Crippen LogP) is 2.68. The molecule has 190 valence electrons. The van der Waals surface area contributed by atoms with Crippen molar-refractivity contribution in [3.05, 3.63) is 59.0 Å². The number of carbonyl (C=O) groups excluding carboxylic acids is 2. The van der Waals surface area contributed by atoms with Crippen molar-refractivity contribution >= 4 is 12.4 Å². The molecule has 2 fully saturated rings. The number of benzene rings is 1. The minimum Gasteiger partial charge on any atom is -0.463 e. The lowest BCUT2D eigenvalue weighted by Crippen LogP contribution is -2.49. The van der Waals surface area contributed by atoms with Crippen LogP contribution in [0.2, 0.25) is 0 Å². The van der Waals surface area contributed by atoms with Crippen molar-refractivity contribution in [2.24, 2.45) is 5.92 Å². The molecule has 2 aromatic rings. The van der Waals surface area contributed by atoms with Gasteiger partial charge in [0.05, 0.1) is 12.1 Å². The molecule has 2 aliphatic carbocycles. The summed E-state index contributed by atoms with van der Waals surface area (Å²) in [5.74, 6) is 1.16. The van der Waals surface area contributed by atoms with E-state index in [0.29, 0.717) is 31.3 Å². The van der Waals surface area contributed by atoms with Crippen LogP contribution in [0.4, 0.5) is 0 Å². The van der Waals surface area contributed by atoms with E-state index in [9.17, 15) is 9.59 Å². The highest BCUT2D eigenvalue weighted by Crippen LogP contribution is 2.42. The SMILES string of the molecule is CC1CC=C(CCN2CCN(C(=O)Cc3ccc(-n4cnnn4)cc3C3CC3)CC2)C=C1COC=O. The van der Waals surface area contributed by atoms with Gasteiger partial charge in [-0.3, -0.25) is 14.5 Å².